The van der Waals surface area contributed by atoms with Gasteiger partial charge in [0.2, 0.25) is 5.91 Å². The molecule has 0 spiro atoms. The zero-order valence-electron chi connectivity index (χ0n) is 17.1. The fraction of sp³-hybridized carbons (Fsp3) is 0.250. The second-order valence-corrected chi connectivity index (χ2v) is 8.24. The Hall–Kier alpha value is -3.05. The minimum absolute atomic E-state index is 0.0522. The number of aryl methyl sites for hydroxylation is 1. The standard InChI is InChI=1S/C24H24ClN3O2/c1-4-22(29)28-13-12-24(15-28,19-6-5-7-20(25)16(19)2)26-18-10-8-17-9-11-23(30)27(3)21(17)14-18/h4-11,14,26H,1,12-13,15H2,2-3H3. The molecule has 2 heterocycles. The highest BCUT2D eigenvalue weighted by molar-refractivity contribution is 6.31. The van der Waals surface area contributed by atoms with E-state index in [1.54, 1.807) is 22.6 Å². The minimum Gasteiger partial charge on any atom is -0.374 e. The predicted molar refractivity (Wildman–Crippen MR) is 122 cm³/mol. The van der Waals surface area contributed by atoms with Crippen molar-refractivity contribution in [3.8, 4) is 0 Å². The first-order chi connectivity index (χ1) is 14.3. The van der Waals surface area contributed by atoms with Gasteiger partial charge in [-0.2, -0.15) is 0 Å². The lowest BCUT2D eigenvalue weighted by molar-refractivity contribution is -0.125. The molecule has 5 nitrogen and oxygen atoms in total. The summed E-state index contributed by atoms with van der Waals surface area (Å²) in [6.45, 7) is 6.76. The molecule has 0 radical (unpaired) electrons. The van der Waals surface area contributed by atoms with Crippen molar-refractivity contribution >= 4 is 34.1 Å². The molecule has 6 heteroatoms. The third-order valence-electron chi connectivity index (χ3n) is 6.05. The van der Waals surface area contributed by atoms with Crippen LogP contribution >= 0.6 is 11.6 Å². The molecule has 1 atom stereocenters. The van der Waals surface area contributed by atoms with Gasteiger partial charge in [0.15, 0.2) is 0 Å². The Morgan fingerprint density at radius 3 is 2.77 bits per heavy atom. The molecule has 1 aliphatic rings. The van der Waals surface area contributed by atoms with Gasteiger partial charge in [0, 0.05) is 36.9 Å². The van der Waals surface area contributed by atoms with Crippen LogP contribution in [-0.4, -0.2) is 28.5 Å². The highest BCUT2D eigenvalue weighted by atomic mass is 35.5. The summed E-state index contributed by atoms with van der Waals surface area (Å²) in [5, 5.41) is 5.37. The molecule has 2 aromatic carbocycles. The van der Waals surface area contributed by atoms with Crippen molar-refractivity contribution in [3.05, 3.63) is 87.7 Å². The van der Waals surface area contributed by atoms with Crippen LogP contribution in [0.2, 0.25) is 5.02 Å². The van der Waals surface area contributed by atoms with Crippen LogP contribution in [0.1, 0.15) is 17.5 Å². The van der Waals surface area contributed by atoms with Crippen molar-refractivity contribution in [2.24, 2.45) is 7.05 Å². The summed E-state index contributed by atoms with van der Waals surface area (Å²) < 4.78 is 1.64. The van der Waals surface area contributed by atoms with Crippen LogP contribution in [0.3, 0.4) is 0 Å². The number of rotatable bonds is 4. The predicted octanol–water partition coefficient (Wildman–Crippen LogP) is 4.23. The van der Waals surface area contributed by atoms with E-state index in [0.717, 1.165) is 34.1 Å². The Balaban J connectivity index is 1.81. The Labute approximate surface area is 180 Å². The smallest absolute Gasteiger partial charge is 0.250 e. The zero-order valence-corrected chi connectivity index (χ0v) is 17.9. The first-order valence-corrected chi connectivity index (χ1v) is 10.3. The largest absolute Gasteiger partial charge is 0.374 e. The first kappa shape index (κ1) is 20.2. The molecule has 1 amide bonds. The summed E-state index contributed by atoms with van der Waals surface area (Å²) in [7, 11) is 1.77. The number of hydrogen-bond acceptors (Lipinski definition) is 3. The number of amides is 1. The second kappa shape index (κ2) is 7.65. The summed E-state index contributed by atoms with van der Waals surface area (Å²) in [5.74, 6) is -0.0840. The van der Waals surface area contributed by atoms with E-state index >= 15 is 0 Å². The molecule has 1 fully saturated rings. The lowest BCUT2D eigenvalue weighted by Gasteiger charge is -2.34. The number of anilines is 1. The number of hydrogen-bond donors (Lipinski definition) is 1. The van der Waals surface area contributed by atoms with Gasteiger partial charge in [-0.15, -0.1) is 0 Å². The van der Waals surface area contributed by atoms with Crippen molar-refractivity contribution < 1.29 is 4.79 Å². The average molecular weight is 422 g/mol. The van der Waals surface area contributed by atoms with E-state index in [1.807, 2.05) is 43.3 Å². The molecular weight excluding hydrogens is 398 g/mol. The van der Waals surface area contributed by atoms with Gasteiger partial charge in [0.25, 0.3) is 5.56 Å². The van der Waals surface area contributed by atoms with E-state index in [9.17, 15) is 9.59 Å². The average Bonchev–Trinajstić information content (AvgIpc) is 3.17. The third kappa shape index (κ3) is 3.39. The first-order valence-electron chi connectivity index (χ1n) is 9.89. The molecule has 0 aliphatic carbocycles. The van der Waals surface area contributed by atoms with Crippen LogP contribution in [0, 0.1) is 6.92 Å². The van der Waals surface area contributed by atoms with Gasteiger partial charge >= 0.3 is 0 Å². The fourth-order valence-corrected chi connectivity index (χ4v) is 4.54. The quantitative estimate of drug-likeness (QED) is 0.641. The van der Waals surface area contributed by atoms with Gasteiger partial charge in [-0.3, -0.25) is 9.59 Å². The summed E-state index contributed by atoms with van der Waals surface area (Å²) in [6.07, 6.45) is 2.09. The van der Waals surface area contributed by atoms with Crippen LogP contribution in [0.4, 0.5) is 5.69 Å². The Morgan fingerprint density at radius 2 is 2.00 bits per heavy atom. The molecule has 1 N–H and O–H groups in total. The number of likely N-dealkylation sites (tertiary alicyclic amines) is 1. The van der Waals surface area contributed by atoms with Crippen LogP contribution < -0.4 is 10.9 Å². The zero-order chi connectivity index (χ0) is 21.5. The van der Waals surface area contributed by atoms with Crippen LogP contribution in [0.5, 0.6) is 0 Å². The maximum Gasteiger partial charge on any atom is 0.250 e. The molecule has 3 aromatic rings. The molecule has 30 heavy (non-hydrogen) atoms. The molecule has 1 unspecified atom stereocenters. The van der Waals surface area contributed by atoms with Crippen molar-refractivity contribution in [2.75, 3.05) is 18.4 Å². The second-order valence-electron chi connectivity index (χ2n) is 7.84. The number of halogens is 1. The van der Waals surface area contributed by atoms with Crippen LogP contribution in [0.15, 0.2) is 66.0 Å². The number of carbonyl (C=O) groups excluding carboxylic acids is 1. The summed E-state index contributed by atoms with van der Waals surface area (Å²) >= 11 is 6.44. The van der Waals surface area contributed by atoms with Crippen LogP contribution in [-0.2, 0) is 17.4 Å². The molecule has 1 aliphatic heterocycles. The highest BCUT2D eigenvalue weighted by Crippen LogP contribution is 2.39. The van der Waals surface area contributed by atoms with Gasteiger partial charge in [-0.25, -0.2) is 0 Å². The Morgan fingerprint density at radius 1 is 1.23 bits per heavy atom. The van der Waals surface area contributed by atoms with E-state index < -0.39 is 5.54 Å². The van der Waals surface area contributed by atoms with Gasteiger partial charge in [-0.05, 0) is 60.2 Å². The molecule has 1 aromatic heterocycles. The maximum atomic E-state index is 12.3. The van der Waals surface area contributed by atoms with Crippen molar-refractivity contribution in [1.29, 1.82) is 0 Å². The lowest BCUT2D eigenvalue weighted by Crippen LogP contribution is -2.40. The van der Waals surface area contributed by atoms with E-state index in [0.29, 0.717) is 18.1 Å². The number of carbonyl (C=O) groups is 1. The fourth-order valence-electron chi connectivity index (χ4n) is 4.36. The number of nitrogens with one attached hydrogen (secondary N) is 1. The van der Waals surface area contributed by atoms with E-state index in [1.165, 1.54) is 6.08 Å². The highest BCUT2D eigenvalue weighted by Gasteiger charge is 2.42. The van der Waals surface area contributed by atoms with Crippen molar-refractivity contribution in [1.82, 2.24) is 9.47 Å². The normalized spacial score (nSPS) is 18.6. The summed E-state index contributed by atoms with van der Waals surface area (Å²) in [5.41, 5.74) is 3.25. The molecular formula is C24H24ClN3O2. The Kier molecular flexibility index (Phi) is 5.16. The third-order valence-corrected chi connectivity index (χ3v) is 6.46. The van der Waals surface area contributed by atoms with Crippen LogP contribution in [0.25, 0.3) is 10.9 Å². The number of benzene rings is 2. The van der Waals surface area contributed by atoms with Crippen molar-refractivity contribution in [3.63, 3.8) is 0 Å². The van der Waals surface area contributed by atoms with E-state index in [2.05, 4.69) is 18.0 Å². The minimum atomic E-state index is -0.491. The van der Waals surface area contributed by atoms with Crippen molar-refractivity contribution in [2.45, 2.75) is 18.9 Å². The van der Waals surface area contributed by atoms with Gasteiger partial charge in [-0.1, -0.05) is 36.4 Å². The lowest BCUT2D eigenvalue weighted by atomic mass is 9.85. The number of fused-ring (bicyclic) bond motifs is 1. The number of nitrogens with zero attached hydrogens (tertiary/aromatic N) is 2. The maximum absolute atomic E-state index is 12.3. The van der Waals surface area contributed by atoms with Gasteiger partial charge in [0.1, 0.15) is 0 Å². The molecule has 0 saturated carbocycles. The monoisotopic (exact) mass is 421 g/mol. The summed E-state index contributed by atoms with van der Waals surface area (Å²) in [6, 6.07) is 15.3. The number of aromatic nitrogens is 1. The molecule has 4 rings (SSSR count). The summed E-state index contributed by atoms with van der Waals surface area (Å²) in [4.78, 5) is 26.2. The molecule has 154 valence electrons. The van der Waals surface area contributed by atoms with E-state index in [4.69, 9.17) is 11.6 Å². The van der Waals surface area contributed by atoms with E-state index in [-0.39, 0.29) is 11.5 Å². The number of pyridine rings is 1. The van der Waals surface area contributed by atoms with Gasteiger partial charge in [0.05, 0.1) is 11.1 Å². The molecule has 0 bridgehead atoms. The SMILES string of the molecule is C=CC(=O)N1CCC(Nc2ccc3ccc(=O)n(C)c3c2)(c2cccc(Cl)c2C)C1. The topological polar surface area (TPSA) is 54.3 Å². The molecule has 1 saturated heterocycles. The Bertz CT molecular complexity index is 1220. The van der Waals surface area contributed by atoms with Gasteiger partial charge < -0.3 is 14.8 Å².